The van der Waals surface area contributed by atoms with E-state index in [1.54, 1.807) is 0 Å². The maximum absolute atomic E-state index is 11.6. The molecule has 0 aliphatic heterocycles. The molecule has 0 saturated heterocycles. The fourth-order valence-corrected chi connectivity index (χ4v) is 1.94. The zero-order valence-electron chi connectivity index (χ0n) is 10.9. The number of fused-ring (bicyclic) bond motifs is 1. The Kier molecular flexibility index (Phi) is 4.03. The van der Waals surface area contributed by atoms with Crippen LogP contribution >= 0.6 is 0 Å². The average molecular weight is 245 g/mol. The van der Waals surface area contributed by atoms with Crippen LogP contribution in [0.5, 0.6) is 0 Å². The maximum Gasteiger partial charge on any atom is 0.411 e. The molecule has 3 nitrogen and oxygen atoms in total. The van der Waals surface area contributed by atoms with E-state index in [0.717, 1.165) is 18.5 Å². The van der Waals surface area contributed by atoms with Gasteiger partial charge in [-0.3, -0.25) is 5.32 Å². The van der Waals surface area contributed by atoms with Crippen molar-refractivity contribution in [3.8, 4) is 0 Å². The number of allylic oxidation sites excluding steroid dienone is 1. The molecule has 0 bridgehead atoms. The van der Waals surface area contributed by atoms with Crippen molar-refractivity contribution < 1.29 is 9.53 Å². The maximum atomic E-state index is 11.6. The first-order valence-corrected chi connectivity index (χ1v) is 6.37. The summed E-state index contributed by atoms with van der Waals surface area (Å²) in [4.78, 5) is 11.6. The Labute approximate surface area is 108 Å². The fraction of sp³-hybridized carbons (Fsp3) is 0.400. The molecular formula is C15H19NO2. The van der Waals surface area contributed by atoms with Crippen molar-refractivity contribution >= 4 is 12.2 Å². The van der Waals surface area contributed by atoms with Crippen molar-refractivity contribution in [2.45, 2.75) is 26.7 Å². The van der Waals surface area contributed by atoms with Gasteiger partial charge in [-0.05, 0) is 36.0 Å². The van der Waals surface area contributed by atoms with Gasteiger partial charge in [0.25, 0.3) is 0 Å². The number of aryl methyl sites for hydroxylation is 1. The average Bonchev–Trinajstić information content (AvgIpc) is 2.36. The van der Waals surface area contributed by atoms with Crippen LogP contribution in [-0.4, -0.2) is 12.7 Å². The minimum absolute atomic E-state index is 0.352. The minimum atomic E-state index is -0.352. The number of benzene rings is 1. The number of alkyl carbamates (subject to hydrolysis) is 1. The second-order valence-corrected chi connectivity index (χ2v) is 4.99. The van der Waals surface area contributed by atoms with Gasteiger partial charge in [0.05, 0.1) is 6.61 Å². The molecule has 0 fully saturated rings. The van der Waals surface area contributed by atoms with Gasteiger partial charge in [0.2, 0.25) is 0 Å². The molecule has 0 saturated carbocycles. The minimum Gasteiger partial charge on any atom is -0.449 e. The second kappa shape index (κ2) is 5.71. The molecule has 1 aromatic carbocycles. The summed E-state index contributed by atoms with van der Waals surface area (Å²) in [7, 11) is 0. The van der Waals surface area contributed by atoms with Crippen molar-refractivity contribution in [1.82, 2.24) is 5.32 Å². The second-order valence-electron chi connectivity index (χ2n) is 4.99. The lowest BCUT2D eigenvalue weighted by atomic mass is 9.95. The third kappa shape index (κ3) is 3.36. The Morgan fingerprint density at radius 1 is 1.33 bits per heavy atom. The monoisotopic (exact) mass is 245 g/mol. The summed E-state index contributed by atoms with van der Waals surface area (Å²) in [5.74, 6) is 0.358. The third-order valence-corrected chi connectivity index (χ3v) is 2.86. The standard InChI is InChI=1S/C15H19NO2/c1-11(2)10-18-15(17)16-14-8-7-12-5-3-4-6-13(12)9-14/h3-6,9,11H,7-8,10H2,1-2H3,(H,16,17). The normalized spacial score (nSPS) is 13.8. The number of nitrogens with one attached hydrogen (secondary N) is 1. The topological polar surface area (TPSA) is 38.3 Å². The van der Waals surface area contributed by atoms with E-state index in [2.05, 4.69) is 17.4 Å². The highest BCUT2D eigenvalue weighted by Crippen LogP contribution is 2.22. The Bertz CT molecular complexity index is 463. The smallest absolute Gasteiger partial charge is 0.411 e. The van der Waals surface area contributed by atoms with Crippen LogP contribution in [0, 0.1) is 5.92 Å². The van der Waals surface area contributed by atoms with E-state index in [4.69, 9.17) is 4.74 Å². The van der Waals surface area contributed by atoms with Crippen LogP contribution in [-0.2, 0) is 11.2 Å². The fourth-order valence-electron chi connectivity index (χ4n) is 1.94. The van der Waals surface area contributed by atoms with Crippen molar-refractivity contribution in [2.75, 3.05) is 6.61 Å². The van der Waals surface area contributed by atoms with Gasteiger partial charge >= 0.3 is 6.09 Å². The predicted octanol–water partition coefficient (Wildman–Crippen LogP) is 3.36. The number of hydrogen-bond acceptors (Lipinski definition) is 2. The summed E-state index contributed by atoms with van der Waals surface area (Å²) >= 11 is 0. The largest absolute Gasteiger partial charge is 0.449 e. The van der Waals surface area contributed by atoms with E-state index >= 15 is 0 Å². The first-order valence-electron chi connectivity index (χ1n) is 6.37. The molecule has 1 aromatic rings. The lowest BCUT2D eigenvalue weighted by Gasteiger charge is -2.17. The molecule has 0 spiro atoms. The predicted molar refractivity (Wildman–Crippen MR) is 72.1 cm³/mol. The van der Waals surface area contributed by atoms with Crippen LogP contribution in [0.2, 0.25) is 0 Å². The van der Waals surface area contributed by atoms with Crippen LogP contribution in [0.3, 0.4) is 0 Å². The molecule has 0 heterocycles. The van der Waals surface area contributed by atoms with Crippen LogP contribution in [0.1, 0.15) is 31.4 Å². The van der Waals surface area contributed by atoms with E-state index in [0.29, 0.717) is 12.5 Å². The lowest BCUT2D eigenvalue weighted by Crippen LogP contribution is -2.26. The Morgan fingerprint density at radius 3 is 2.89 bits per heavy atom. The summed E-state index contributed by atoms with van der Waals surface area (Å²) in [5.41, 5.74) is 3.45. The molecule has 0 unspecified atom stereocenters. The van der Waals surface area contributed by atoms with Gasteiger partial charge in [0.1, 0.15) is 0 Å². The molecule has 1 aliphatic rings. The van der Waals surface area contributed by atoms with E-state index < -0.39 is 0 Å². The van der Waals surface area contributed by atoms with E-state index in [1.807, 2.05) is 32.1 Å². The molecule has 1 N–H and O–H groups in total. The Balaban J connectivity index is 1.95. The Hall–Kier alpha value is -1.77. The summed E-state index contributed by atoms with van der Waals surface area (Å²) < 4.78 is 5.10. The highest BCUT2D eigenvalue weighted by molar-refractivity contribution is 5.72. The van der Waals surface area contributed by atoms with E-state index in [9.17, 15) is 4.79 Å². The van der Waals surface area contributed by atoms with E-state index in [1.165, 1.54) is 11.1 Å². The first kappa shape index (κ1) is 12.7. The van der Waals surface area contributed by atoms with Crippen molar-refractivity contribution in [2.24, 2.45) is 5.92 Å². The van der Waals surface area contributed by atoms with Gasteiger partial charge in [-0.1, -0.05) is 38.1 Å². The van der Waals surface area contributed by atoms with Gasteiger partial charge in [-0.2, -0.15) is 0 Å². The molecule has 3 heteroatoms. The van der Waals surface area contributed by atoms with E-state index in [-0.39, 0.29) is 6.09 Å². The quantitative estimate of drug-likeness (QED) is 0.886. The van der Waals surface area contributed by atoms with Gasteiger partial charge in [-0.15, -0.1) is 0 Å². The molecule has 1 amide bonds. The molecule has 0 radical (unpaired) electrons. The van der Waals surface area contributed by atoms with Crippen LogP contribution in [0.15, 0.2) is 30.0 Å². The number of ether oxygens (including phenoxy) is 1. The zero-order chi connectivity index (χ0) is 13.0. The number of rotatable bonds is 3. The number of hydrogen-bond donors (Lipinski definition) is 1. The summed E-state index contributed by atoms with van der Waals surface area (Å²) in [6, 6.07) is 8.24. The molecule has 0 atom stereocenters. The van der Waals surface area contributed by atoms with Gasteiger partial charge in [0, 0.05) is 5.70 Å². The van der Waals surface area contributed by atoms with Crippen molar-refractivity contribution in [1.29, 1.82) is 0 Å². The number of carbonyl (C=O) groups is 1. The molecule has 96 valence electrons. The third-order valence-electron chi connectivity index (χ3n) is 2.86. The van der Waals surface area contributed by atoms with Gasteiger partial charge in [-0.25, -0.2) is 4.79 Å². The molecular weight excluding hydrogens is 226 g/mol. The highest BCUT2D eigenvalue weighted by Gasteiger charge is 2.12. The highest BCUT2D eigenvalue weighted by atomic mass is 16.5. The SMILES string of the molecule is CC(C)COC(=O)NC1=Cc2ccccc2CC1. The molecule has 0 aromatic heterocycles. The summed E-state index contributed by atoms with van der Waals surface area (Å²) in [6.45, 7) is 4.49. The lowest BCUT2D eigenvalue weighted by molar-refractivity contribution is 0.135. The molecule has 2 rings (SSSR count). The van der Waals surface area contributed by atoms with Crippen LogP contribution in [0.4, 0.5) is 4.79 Å². The number of carbonyl (C=O) groups excluding carboxylic acids is 1. The van der Waals surface area contributed by atoms with Crippen LogP contribution < -0.4 is 5.32 Å². The van der Waals surface area contributed by atoms with Crippen molar-refractivity contribution in [3.63, 3.8) is 0 Å². The number of amides is 1. The van der Waals surface area contributed by atoms with Crippen molar-refractivity contribution in [3.05, 3.63) is 41.1 Å². The molecule has 18 heavy (non-hydrogen) atoms. The molecule has 1 aliphatic carbocycles. The van der Waals surface area contributed by atoms with Gasteiger partial charge in [0.15, 0.2) is 0 Å². The van der Waals surface area contributed by atoms with Gasteiger partial charge < -0.3 is 4.74 Å². The summed E-state index contributed by atoms with van der Waals surface area (Å²) in [6.07, 6.45) is 3.49. The summed E-state index contributed by atoms with van der Waals surface area (Å²) in [5, 5.41) is 2.82. The first-order chi connectivity index (χ1) is 8.65. The zero-order valence-corrected chi connectivity index (χ0v) is 10.9. The van der Waals surface area contributed by atoms with Crippen LogP contribution in [0.25, 0.3) is 6.08 Å². The Morgan fingerprint density at radius 2 is 2.11 bits per heavy atom.